The molecule has 0 aliphatic rings. The summed E-state index contributed by atoms with van der Waals surface area (Å²) in [6.45, 7) is -0.372. The van der Waals surface area contributed by atoms with Crippen molar-refractivity contribution >= 4 is 33.4 Å². The Kier molecular flexibility index (Phi) is 4.26. The Morgan fingerprint density at radius 2 is 2.17 bits per heavy atom. The van der Waals surface area contributed by atoms with Crippen LogP contribution in [0, 0.1) is 11.6 Å². The minimum atomic E-state index is -0.864. The minimum Gasteiger partial charge on any atom is -0.468 e. The van der Waals surface area contributed by atoms with Crippen LogP contribution in [-0.2, 0) is 16.1 Å². The number of thiazole rings is 1. The molecule has 124 valence electrons. The van der Waals surface area contributed by atoms with E-state index in [-0.39, 0.29) is 27.3 Å². The number of hydrogen-bond acceptors (Lipinski definition) is 5. The number of furan rings is 1. The summed E-state index contributed by atoms with van der Waals surface area (Å²) in [5.74, 6) is -3.01. The molecule has 24 heavy (non-hydrogen) atoms. The van der Waals surface area contributed by atoms with Gasteiger partial charge in [0.15, 0.2) is 16.4 Å². The zero-order valence-corrected chi connectivity index (χ0v) is 13.1. The Labute approximate surface area is 137 Å². The summed E-state index contributed by atoms with van der Waals surface area (Å²) in [6.07, 6.45) is 1.31. The van der Waals surface area contributed by atoms with E-state index in [1.807, 2.05) is 0 Å². The standard InChI is InChI=1S/C15H10F2N2O4S/c1-22-12(20)7-19-13-9(17)5-8(16)6-11(13)24-15(19)18-14(21)10-3-2-4-23-10/h2-6H,7H2,1H3. The molecule has 1 aromatic carbocycles. The maximum atomic E-state index is 14.1. The number of carbonyl (C=O) groups is 2. The van der Waals surface area contributed by atoms with Crippen LogP contribution in [0.2, 0.25) is 0 Å². The molecule has 9 heteroatoms. The number of amides is 1. The van der Waals surface area contributed by atoms with Crippen molar-refractivity contribution in [1.29, 1.82) is 0 Å². The Morgan fingerprint density at radius 3 is 2.83 bits per heavy atom. The summed E-state index contributed by atoms with van der Waals surface area (Å²) in [7, 11) is 1.18. The van der Waals surface area contributed by atoms with Gasteiger partial charge in [-0.3, -0.25) is 9.59 Å². The first-order chi connectivity index (χ1) is 11.5. The van der Waals surface area contributed by atoms with Gasteiger partial charge in [-0.25, -0.2) is 8.78 Å². The number of fused-ring (bicyclic) bond motifs is 1. The van der Waals surface area contributed by atoms with Crippen molar-refractivity contribution in [3.8, 4) is 0 Å². The number of aromatic nitrogens is 1. The van der Waals surface area contributed by atoms with Crippen LogP contribution in [0.1, 0.15) is 10.6 Å². The van der Waals surface area contributed by atoms with Crippen molar-refractivity contribution in [1.82, 2.24) is 4.57 Å². The van der Waals surface area contributed by atoms with E-state index in [0.717, 1.165) is 17.4 Å². The zero-order valence-electron chi connectivity index (χ0n) is 12.3. The van der Waals surface area contributed by atoms with Gasteiger partial charge < -0.3 is 13.7 Å². The van der Waals surface area contributed by atoms with Crippen LogP contribution in [0.4, 0.5) is 8.78 Å². The van der Waals surface area contributed by atoms with E-state index < -0.39 is 23.5 Å². The van der Waals surface area contributed by atoms with Crippen molar-refractivity contribution < 1.29 is 27.5 Å². The molecular weight excluding hydrogens is 342 g/mol. The number of methoxy groups -OCH3 is 1. The maximum Gasteiger partial charge on any atom is 0.325 e. The SMILES string of the molecule is COC(=O)Cn1c(=NC(=O)c2ccco2)sc2cc(F)cc(F)c21. The molecule has 6 nitrogen and oxygen atoms in total. The summed E-state index contributed by atoms with van der Waals surface area (Å²) in [5, 5.41) is 0. The average molecular weight is 352 g/mol. The molecule has 0 saturated heterocycles. The molecule has 0 fully saturated rings. The van der Waals surface area contributed by atoms with Gasteiger partial charge in [-0.05, 0) is 18.2 Å². The van der Waals surface area contributed by atoms with Crippen LogP contribution in [0.3, 0.4) is 0 Å². The number of nitrogens with zero attached hydrogens (tertiary/aromatic N) is 2. The first-order valence-electron chi connectivity index (χ1n) is 6.67. The summed E-state index contributed by atoms with van der Waals surface area (Å²) in [5.41, 5.74) is -0.0298. The van der Waals surface area contributed by atoms with Crippen LogP contribution < -0.4 is 4.80 Å². The van der Waals surface area contributed by atoms with Crippen LogP contribution in [0.5, 0.6) is 0 Å². The van der Waals surface area contributed by atoms with Crippen molar-refractivity contribution in [2.75, 3.05) is 7.11 Å². The van der Waals surface area contributed by atoms with Crippen molar-refractivity contribution in [2.24, 2.45) is 4.99 Å². The molecule has 1 amide bonds. The van der Waals surface area contributed by atoms with E-state index in [4.69, 9.17) is 4.42 Å². The summed E-state index contributed by atoms with van der Waals surface area (Å²) in [4.78, 5) is 27.5. The predicted molar refractivity (Wildman–Crippen MR) is 80.3 cm³/mol. The molecule has 2 heterocycles. The molecule has 0 atom stereocenters. The second-order valence-electron chi connectivity index (χ2n) is 4.68. The van der Waals surface area contributed by atoms with Gasteiger partial charge in [0.2, 0.25) is 0 Å². The van der Waals surface area contributed by atoms with E-state index in [9.17, 15) is 18.4 Å². The third-order valence-corrected chi connectivity index (χ3v) is 4.16. The third kappa shape index (κ3) is 2.98. The number of carbonyl (C=O) groups excluding carboxylic acids is 2. The molecular formula is C15H10F2N2O4S. The summed E-state index contributed by atoms with van der Waals surface area (Å²) >= 11 is 0.876. The minimum absolute atomic E-state index is 0.0104. The molecule has 0 bridgehead atoms. The predicted octanol–water partition coefficient (Wildman–Crippen LogP) is 2.49. The lowest BCUT2D eigenvalue weighted by Gasteiger charge is -2.04. The van der Waals surface area contributed by atoms with Gasteiger partial charge in [0.25, 0.3) is 0 Å². The average Bonchev–Trinajstić information content (AvgIpc) is 3.16. The fourth-order valence-corrected chi connectivity index (χ4v) is 3.16. The van der Waals surface area contributed by atoms with Crippen molar-refractivity contribution in [3.63, 3.8) is 0 Å². The summed E-state index contributed by atoms with van der Waals surface area (Å²) < 4.78 is 38.4. The largest absolute Gasteiger partial charge is 0.468 e. The Bertz CT molecular complexity index is 989. The zero-order chi connectivity index (χ0) is 17.3. The third-order valence-electron chi connectivity index (χ3n) is 3.14. The first kappa shape index (κ1) is 16.1. The Morgan fingerprint density at radius 1 is 1.38 bits per heavy atom. The molecule has 0 unspecified atom stereocenters. The fourth-order valence-electron chi connectivity index (χ4n) is 2.10. The van der Waals surface area contributed by atoms with Crippen LogP contribution >= 0.6 is 11.3 Å². The number of hydrogen-bond donors (Lipinski definition) is 0. The monoisotopic (exact) mass is 352 g/mol. The van der Waals surface area contributed by atoms with E-state index in [1.165, 1.54) is 30.1 Å². The van der Waals surface area contributed by atoms with Gasteiger partial charge in [-0.1, -0.05) is 11.3 Å². The molecule has 0 saturated carbocycles. The van der Waals surface area contributed by atoms with E-state index in [0.29, 0.717) is 6.07 Å². The van der Waals surface area contributed by atoms with Crippen LogP contribution in [-0.4, -0.2) is 23.6 Å². The highest BCUT2D eigenvalue weighted by Gasteiger charge is 2.17. The van der Waals surface area contributed by atoms with Crippen LogP contribution in [0.25, 0.3) is 10.2 Å². The lowest BCUT2D eigenvalue weighted by molar-refractivity contribution is -0.141. The Balaban J connectivity index is 2.22. The topological polar surface area (TPSA) is 73.8 Å². The van der Waals surface area contributed by atoms with Gasteiger partial charge in [0.1, 0.15) is 12.4 Å². The van der Waals surface area contributed by atoms with Crippen LogP contribution in [0.15, 0.2) is 39.9 Å². The molecule has 3 aromatic rings. The van der Waals surface area contributed by atoms with Gasteiger partial charge in [-0.2, -0.15) is 4.99 Å². The number of halogens is 2. The fraction of sp³-hybridized carbons (Fsp3) is 0.133. The normalized spacial score (nSPS) is 11.9. The lowest BCUT2D eigenvalue weighted by atomic mass is 10.3. The maximum absolute atomic E-state index is 14.1. The number of ether oxygens (including phenoxy) is 1. The molecule has 0 aliphatic carbocycles. The van der Waals surface area contributed by atoms with Crippen molar-refractivity contribution in [2.45, 2.75) is 6.54 Å². The molecule has 0 N–H and O–H groups in total. The highest BCUT2D eigenvalue weighted by atomic mass is 32.1. The van der Waals surface area contributed by atoms with E-state index in [2.05, 4.69) is 9.73 Å². The number of benzene rings is 1. The molecule has 0 aliphatic heterocycles. The highest BCUT2D eigenvalue weighted by Crippen LogP contribution is 2.22. The second-order valence-corrected chi connectivity index (χ2v) is 5.68. The number of rotatable bonds is 3. The molecule has 2 aromatic heterocycles. The quantitative estimate of drug-likeness (QED) is 0.679. The molecule has 0 radical (unpaired) electrons. The smallest absolute Gasteiger partial charge is 0.325 e. The number of esters is 1. The van der Waals surface area contributed by atoms with Gasteiger partial charge in [0, 0.05) is 6.07 Å². The summed E-state index contributed by atoms with van der Waals surface area (Å²) in [6, 6.07) is 4.74. The van der Waals surface area contributed by atoms with Gasteiger partial charge in [0.05, 0.1) is 23.6 Å². The van der Waals surface area contributed by atoms with Crippen molar-refractivity contribution in [3.05, 3.63) is 52.7 Å². The Hall–Kier alpha value is -2.81. The highest BCUT2D eigenvalue weighted by molar-refractivity contribution is 7.16. The van der Waals surface area contributed by atoms with Gasteiger partial charge in [-0.15, -0.1) is 0 Å². The molecule has 0 spiro atoms. The lowest BCUT2D eigenvalue weighted by Crippen LogP contribution is -2.22. The van der Waals surface area contributed by atoms with E-state index >= 15 is 0 Å². The van der Waals surface area contributed by atoms with Gasteiger partial charge >= 0.3 is 11.9 Å². The second kappa shape index (κ2) is 6.36. The molecule has 3 rings (SSSR count). The first-order valence-corrected chi connectivity index (χ1v) is 7.49. The van der Waals surface area contributed by atoms with E-state index in [1.54, 1.807) is 0 Å².